The smallest absolute Gasteiger partial charge is 0.408 e. The normalized spacial score (nSPS) is 12.1. The van der Waals surface area contributed by atoms with Gasteiger partial charge in [0.05, 0.1) is 11.6 Å². The zero-order valence-electron chi connectivity index (χ0n) is 14.4. The average Bonchev–Trinajstić information content (AvgIpc) is 2.40. The molecule has 1 aromatic carbocycles. The molecule has 5 nitrogen and oxygen atoms in total. The minimum absolute atomic E-state index is 0.0116. The van der Waals surface area contributed by atoms with Gasteiger partial charge in [0.1, 0.15) is 5.60 Å². The van der Waals surface area contributed by atoms with Crippen LogP contribution in [0.5, 0.6) is 0 Å². The van der Waals surface area contributed by atoms with Crippen molar-refractivity contribution in [3.63, 3.8) is 0 Å². The molecule has 0 aliphatic rings. The van der Waals surface area contributed by atoms with Crippen LogP contribution in [0.25, 0.3) is 0 Å². The van der Waals surface area contributed by atoms with Crippen molar-refractivity contribution in [3.05, 3.63) is 34.3 Å². The first-order valence-electron chi connectivity index (χ1n) is 7.53. The van der Waals surface area contributed by atoms with Crippen LogP contribution in [0.3, 0.4) is 0 Å². The predicted octanol–water partition coefficient (Wildman–Crippen LogP) is 3.94. The number of halogens is 1. The average molecular weight is 352 g/mol. The third-order valence-corrected chi connectivity index (χ3v) is 3.15. The van der Waals surface area contributed by atoms with Crippen LogP contribution in [0.15, 0.2) is 18.2 Å². The molecule has 1 aromatic rings. The van der Waals surface area contributed by atoms with Crippen molar-refractivity contribution in [3.8, 4) is 11.8 Å². The summed E-state index contributed by atoms with van der Waals surface area (Å²) in [5.74, 6) is 4.62. The van der Waals surface area contributed by atoms with Gasteiger partial charge in [0, 0.05) is 10.6 Å². The fourth-order valence-electron chi connectivity index (χ4n) is 1.77. The Morgan fingerprint density at radius 1 is 1.29 bits per heavy atom. The molecule has 1 amide bonds. The Morgan fingerprint density at radius 2 is 1.92 bits per heavy atom. The van der Waals surface area contributed by atoms with Gasteiger partial charge in [0.2, 0.25) is 0 Å². The molecular formula is C18H22ClNO4. The SMILES string of the molecule is CC(C)C(C#Cc1cc(Cl)ccc1C(=O)O)NC(=O)OC(C)(C)C. The summed E-state index contributed by atoms with van der Waals surface area (Å²) >= 11 is 5.91. The molecule has 0 saturated carbocycles. The summed E-state index contributed by atoms with van der Waals surface area (Å²) in [5.41, 5.74) is -0.249. The Labute approximate surface area is 147 Å². The molecule has 0 heterocycles. The van der Waals surface area contributed by atoms with Crippen LogP contribution in [-0.4, -0.2) is 28.8 Å². The van der Waals surface area contributed by atoms with E-state index in [4.69, 9.17) is 16.3 Å². The lowest BCUT2D eigenvalue weighted by molar-refractivity contribution is 0.0505. The lowest BCUT2D eigenvalue weighted by atomic mass is 10.0. The molecule has 24 heavy (non-hydrogen) atoms. The molecule has 0 aliphatic carbocycles. The summed E-state index contributed by atoms with van der Waals surface area (Å²) in [6, 6.07) is 3.90. The van der Waals surface area contributed by atoms with Gasteiger partial charge >= 0.3 is 12.1 Å². The van der Waals surface area contributed by atoms with E-state index >= 15 is 0 Å². The third kappa shape index (κ3) is 6.51. The van der Waals surface area contributed by atoms with Crippen LogP contribution in [0, 0.1) is 17.8 Å². The summed E-state index contributed by atoms with van der Waals surface area (Å²) in [6.07, 6.45) is -0.569. The molecule has 0 saturated heterocycles. The van der Waals surface area contributed by atoms with Crippen molar-refractivity contribution in [2.75, 3.05) is 0 Å². The van der Waals surface area contributed by atoms with Gasteiger partial charge in [-0.3, -0.25) is 0 Å². The van der Waals surface area contributed by atoms with Crippen molar-refractivity contribution >= 4 is 23.7 Å². The van der Waals surface area contributed by atoms with Gasteiger partial charge in [0.15, 0.2) is 0 Å². The minimum atomic E-state index is -1.09. The molecule has 6 heteroatoms. The van der Waals surface area contributed by atoms with Crippen LogP contribution in [-0.2, 0) is 4.74 Å². The molecular weight excluding hydrogens is 330 g/mol. The molecule has 0 spiro atoms. The highest BCUT2D eigenvalue weighted by Gasteiger charge is 2.20. The number of nitrogens with one attached hydrogen (secondary N) is 1. The highest BCUT2D eigenvalue weighted by atomic mass is 35.5. The molecule has 1 atom stereocenters. The van der Waals surface area contributed by atoms with E-state index in [1.165, 1.54) is 18.2 Å². The van der Waals surface area contributed by atoms with E-state index in [0.717, 1.165) is 0 Å². The van der Waals surface area contributed by atoms with Crippen molar-refractivity contribution in [1.82, 2.24) is 5.32 Å². The summed E-state index contributed by atoms with van der Waals surface area (Å²) in [5, 5.41) is 12.3. The van der Waals surface area contributed by atoms with Gasteiger partial charge in [-0.1, -0.05) is 37.3 Å². The largest absolute Gasteiger partial charge is 0.478 e. The first kappa shape index (κ1) is 19.9. The topological polar surface area (TPSA) is 75.6 Å². The van der Waals surface area contributed by atoms with Gasteiger partial charge in [-0.05, 0) is 44.9 Å². The van der Waals surface area contributed by atoms with Crippen LogP contribution >= 0.6 is 11.6 Å². The van der Waals surface area contributed by atoms with Gasteiger partial charge < -0.3 is 15.2 Å². The fraction of sp³-hybridized carbons (Fsp3) is 0.444. The van der Waals surface area contributed by atoms with Crippen LogP contribution in [0.4, 0.5) is 4.79 Å². The Hall–Kier alpha value is -2.19. The van der Waals surface area contributed by atoms with E-state index in [-0.39, 0.29) is 11.5 Å². The summed E-state index contributed by atoms with van der Waals surface area (Å²) in [6.45, 7) is 9.11. The number of carboxylic acids is 1. The number of hydrogen-bond acceptors (Lipinski definition) is 3. The second kappa shape index (κ2) is 8.07. The Balaban J connectivity index is 3.03. The van der Waals surface area contributed by atoms with Crippen LogP contribution < -0.4 is 5.32 Å². The lowest BCUT2D eigenvalue weighted by Gasteiger charge is -2.23. The maximum absolute atomic E-state index is 11.9. The maximum Gasteiger partial charge on any atom is 0.408 e. The minimum Gasteiger partial charge on any atom is -0.478 e. The van der Waals surface area contributed by atoms with Crippen LogP contribution in [0.1, 0.15) is 50.5 Å². The number of ether oxygens (including phenoxy) is 1. The summed E-state index contributed by atoms with van der Waals surface area (Å²) < 4.78 is 5.22. The van der Waals surface area contributed by atoms with Crippen molar-refractivity contribution in [2.24, 2.45) is 5.92 Å². The third-order valence-electron chi connectivity index (χ3n) is 2.91. The number of aromatic carboxylic acids is 1. The van der Waals surface area contributed by atoms with E-state index < -0.39 is 23.7 Å². The second-order valence-corrected chi connectivity index (χ2v) is 7.07. The van der Waals surface area contributed by atoms with Crippen molar-refractivity contribution in [2.45, 2.75) is 46.3 Å². The molecule has 2 N–H and O–H groups in total. The van der Waals surface area contributed by atoms with Gasteiger partial charge in [-0.25, -0.2) is 9.59 Å². The fourth-order valence-corrected chi connectivity index (χ4v) is 1.94. The first-order valence-corrected chi connectivity index (χ1v) is 7.91. The highest BCUT2D eigenvalue weighted by Crippen LogP contribution is 2.16. The molecule has 130 valence electrons. The molecule has 0 fully saturated rings. The van der Waals surface area contributed by atoms with E-state index in [9.17, 15) is 14.7 Å². The molecule has 1 rings (SSSR count). The van der Waals surface area contributed by atoms with Crippen molar-refractivity contribution in [1.29, 1.82) is 0 Å². The highest BCUT2D eigenvalue weighted by molar-refractivity contribution is 6.30. The first-order chi connectivity index (χ1) is 11.0. The number of alkyl carbamates (subject to hydrolysis) is 1. The van der Waals surface area contributed by atoms with Gasteiger partial charge in [-0.15, -0.1) is 0 Å². The van der Waals surface area contributed by atoms with E-state index in [0.29, 0.717) is 10.6 Å². The monoisotopic (exact) mass is 351 g/mol. The molecule has 0 bridgehead atoms. The second-order valence-electron chi connectivity index (χ2n) is 6.63. The Kier molecular flexibility index (Phi) is 6.68. The molecule has 0 aliphatic heterocycles. The number of benzene rings is 1. The number of carbonyl (C=O) groups is 2. The number of carboxylic acid groups (broad SMARTS) is 1. The molecule has 0 aromatic heterocycles. The van der Waals surface area contributed by atoms with Crippen molar-refractivity contribution < 1.29 is 19.4 Å². The van der Waals surface area contributed by atoms with E-state index in [1.54, 1.807) is 20.8 Å². The molecule has 0 radical (unpaired) electrons. The number of carbonyl (C=O) groups excluding carboxylic acids is 1. The van der Waals surface area contributed by atoms with Gasteiger partial charge in [0.25, 0.3) is 0 Å². The Bertz CT molecular complexity index is 680. The number of amides is 1. The predicted molar refractivity (Wildman–Crippen MR) is 93.3 cm³/mol. The van der Waals surface area contributed by atoms with Gasteiger partial charge in [-0.2, -0.15) is 0 Å². The van der Waals surface area contributed by atoms with E-state index in [1.807, 2.05) is 13.8 Å². The quantitative estimate of drug-likeness (QED) is 0.809. The summed E-state index contributed by atoms with van der Waals surface area (Å²) in [7, 11) is 0. The molecule has 1 unspecified atom stereocenters. The zero-order valence-corrected chi connectivity index (χ0v) is 15.2. The lowest BCUT2D eigenvalue weighted by Crippen LogP contribution is -2.41. The number of hydrogen-bond donors (Lipinski definition) is 2. The number of rotatable bonds is 3. The zero-order chi connectivity index (χ0) is 18.5. The van der Waals surface area contributed by atoms with E-state index in [2.05, 4.69) is 17.2 Å². The Morgan fingerprint density at radius 3 is 2.42 bits per heavy atom. The van der Waals surface area contributed by atoms with Crippen LogP contribution in [0.2, 0.25) is 5.02 Å². The summed E-state index contributed by atoms with van der Waals surface area (Å²) in [4.78, 5) is 23.1. The standard InChI is InChI=1S/C18H22ClNO4/c1-11(2)15(20-17(23)24-18(3,4)5)9-6-12-10-13(19)7-8-14(12)16(21)22/h7-8,10-11,15H,1-5H3,(H,20,23)(H,21,22). The maximum atomic E-state index is 11.9.